The van der Waals surface area contributed by atoms with Gasteiger partial charge in [0.25, 0.3) is 26.1 Å². The third-order valence-corrected chi connectivity index (χ3v) is 17.8. The molecule has 4 aromatic carbocycles. The van der Waals surface area contributed by atoms with E-state index in [9.17, 15) is 46.5 Å². The van der Waals surface area contributed by atoms with Crippen molar-refractivity contribution in [2.45, 2.75) is 108 Å². The van der Waals surface area contributed by atoms with Crippen molar-refractivity contribution in [3.63, 3.8) is 0 Å². The summed E-state index contributed by atoms with van der Waals surface area (Å²) in [7, 11) is 0.00160. The van der Waals surface area contributed by atoms with Crippen LogP contribution in [0.2, 0.25) is 0 Å². The monoisotopic (exact) mass is 1510 g/mol. The lowest BCUT2D eigenvalue weighted by atomic mass is 9.66. The molecule has 8 N–H and O–H groups in total. The van der Waals surface area contributed by atoms with Crippen molar-refractivity contribution in [1.82, 2.24) is 15.5 Å². The molecule has 0 aromatic heterocycles. The Hall–Kier alpha value is -5.29. The lowest BCUT2D eigenvalue weighted by Gasteiger charge is -2.47. The molecule has 9 rings (SSSR count). The fourth-order valence-corrected chi connectivity index (χ4v) is 12.8. The molecule has 0 radical (unpaired) electrons. The minimum Gasteiger partial charge on any atom is -0.502 e. The summed E-state index contributed by atoms with van der Waals surface area (Å²) in [6.45, 7) is 10.2. The number of carbonyl (C=O) groups excluding carboxylic acids is 2. The second kappa shape index (κ2) is 41.7. The van der Waals surface area contributed by atoms with Crippen molar-refractivity contribution in [3.8, 4) is 28.7 Å². The van der Waals surface area contributed by atoms with Crippen LogP contribution in [0.25, 0.3) is 0 Å². The minimum atomic E-state index is -3.40. The number of hydrogen-bond acceptors (Lipinski definition) is 25. The van der Waals surface area contributed by atoms with Crippen molar-refractivity contribution < 1.29 is 103 Å². The SMILES string of the molecule is CN(CCCl)CCCl.CNCCc1ccc(C(=O)NC(C)C)cc1.COc1cc([C@@H]2c3cc4c(cc3[C@@H](O[C@@H]3O[C@@H]5CO[C@@H](C)O[C@H]5[C@H](O)[C@H]3O)[C@H]3COC(=O)[C@H]23)OCO4)cc(OC)c1O.CS(=O)(=O)OCCCCOS(C)(=O)=O.N[C@@H](Cc1ccc(N(CCCl)CCCl)cc1)C(=O)O. The second-order valence-corrected chi connectivity index (χ2v) is 28.6. The number of cyclic esters (lactones) is 1. The van der Waals surface area contributed by atoms with E-state index in [1.54, 1.807) is 31.2 Å². The van der Waals surface area contributed by atoms with Gasteiger partial charge in [0.2, 0.25) is 12.5 Å². The van der Waals surface area contributed by atoms with Gasteiger partial charge in [-0.2, -0.15) is 16.8 Å². The molecule has 5 aliphatic rings. The fraction of sp³-hybridized carbons (Fsp3) is 0.591. The van der Waals surface area contributed by atoms with Gasteiger partial charge in [0.1, 0.15) is 30.5 Å². The number of amides is 1. The van der Waals surface area contributed by atoms with Crippen LogP contribution < -0.4 is 40.2 Å². The number of halogens is 4. The van der Waals surface area contributed by atoms with Gasteiger partial charge >= 0.3 is 11.9 Å². The average Bonchev–Trinajstić information content (AvgIpc) is 1.69. The zero-order chi connectivity index (χ0) is 73.1. The highest BCUT2D eigenvalue weighted by atomic mass is 35.5. The predicted molar refractivity (Wildman–Crippen MR) is 374 cm³/mol. The van der Waals surface area contributed by atoms with Gasteiger partial charge in [-0.1, -0.05) is 24.3 Å². The Labute approximate surface area is 600 Å². The van der Waals surface area contributed by atoms with Crippen LogP contribution in [0.3, 0.4) is 0 Å². The molecular weight excluding hydrogens is 1420 g/mol. The molecule has 556 valence electrons. The molecule has 0 unspecified atom stereocenters. The van der Waals surface area contributed by atoms with Crippen LogP contribution in [-0.2, 0) is 74.7 Å². The standard InChI is InChI=1S/C29H32O13.C13H18Cl2N2O2.C13H20N2O.C6H14O6S2.C5H11Cl2N/c1-11-36-9-20-27(40-11)24(31)25(32)29(41-20)42-26-14-7-17-16(38-10-39-17)6-13(14)21(22-15(26)8-37-28(22)33)12-4-18(34-2)23(30)19(5-12)35-3;14-5-7-17(8-6-15)11-3-1-10(2-4-11)9-12(16)13(18)19;1-10(2)15-13(16)12-6-4-11(5-7-12)8-9-14-3;1-13(7,8)11-5-3-4-6-12-14(2,9)10;1-8(4-2-6)5-3-7/h4-7,11,15,20-22,24-27,29-32H,8-10H2,1-3H3;1-4,12H,5-9,16H2,(H,18,19);4-7,10,14H,8-9H2,1-3H3,(H,15,16);3-6H2,1-2H3;2-5H2,1H3/t11-,15+,20-,21-,22+,24-,25-,26-,27-,29+;12-;;;/m10.../s1. The number of nitrogens with zero attached hydrogens (tertiary/aromatic N) is 2. The molecule has 11 atom stereocenters. The maximum atomic E-state index is 13.4. The number of hydrogen-bond donors (Lipinski definition) is 7. The Bertz CT molecular complexity index is 3310. The number of benzene rings is 4. The first-order valence-corrected chi connectivity index (χ1v) is 37.8. The number of methoxy groups -OCH3 is 2. The van der Waals surface area contributed by atoms with E-state index in [1.807, 2.05) is 76.5 Å². The number of fused-ring (bicyclic) bond motifs is 4. The quantitative estimate of drug-likeness (QED) is 0.0143. The zero-order valence-corrected chi connectivity index (χ0v) is 61.7. The number of likely N-dealkylation sites (N-methyl/N-ethyl adjacent to an activating group) is 1. The minimum absolute atomic E-state index is 0.00448. The number of phenols is 1. The Morgan fingerprint density at radius 1 is 0.758 bits per heavy atom. The Kier molecular flexibility index (Phi) is 35.6. The Morgan fingerprint density at radius 3 is 1.81 bits per heavy atom. The average molecular weight is 1520 g/mol. The summed E-state index contributed by atoms with van der Waals surface area (Å²) >= 11 is 22.4. The number of ether oxygens (including phenoxy) is 9. The van der Waals surface area contributed by atoms with Crippen LogP contribution in [0.1, 0.15) is 83.8 Å². The first-order chi connectivity index (χ1) is 47.0. The van der Waals surface area contributed by atoms with Crippen LogP contribution in [-0.4, -0.2) is 239 Å². The Balaban J connectivity index is 0.000000258. The van der Waals surface area contributed by atoms with Gasteiger partial charge < -0.3 is 89.2 Å². The van der Waals surface area contributed by atoms with E-state index in [0.717, 1.165) is 68.5 Å². The highest BCUT2D eigenvalue weighted by Gasteiger charge is 2.56. The summed E-state index contributed by atoms with van der Waals surface area (Å²) in [5.41, 5.74) is 11.4. The van der Waals surface area contributed by atoms with Crippen molar-refractivity contribution in [3.05, 3.63) is 106 Å². The molecule has 1 aliphatic carbocycles. The van der Waals surface area contributed by atoms with Crippen molar-refractivity contribution in [2.24, 2.45) is 17.6 Å². The number of aliphatic carboxylic acids is 1. The van der Waals surface area contributed by atoms with E-state index >= 15 is 0 Å². The van der Waals surface area contributed by atoms with Gasteiger partial charge in [-0.05, 0) is 143 Å². The Morgan fingerprint density at radius 2 is 1.30 bits per heavy atom. The van der Waals surface area contributed by atoms with Crippen LogP contribution in [0, 0.1) is 11.8 Å². The third-order valence-electron chi connectivity index (χ3n) is 15.9. The molecule has 4 aliphatic heterocycles. The number of rotatable bonds is 29. The molecule has 33 heteroatoms. The largest absolute Gasteiger partial charge is 0.502 e. The van der Waals surface area contributed by atoms with Crippen LogP contribution >= 0.6 is 46.4 Å². The number of esters is 1. The maximum Gasteiger partial charge on any atom is 0.320 e. The smallest absolute Gasteiger partial charge is 0.320 e. The molecule has 4 aromatic rings. The van der Waals surface area contributed by atoms with Crippen molar-refractivity contribution in [2.75, 3.05) is 135 Å². The van der Waals surface area contributed by atoms with Crippen LogP contribution in [0.15, 0.2) is 72.8 Å². The maximum absolute atomic E-state index is 13.4. The first-order valence-electron chi connectivity index (χ1n) is 32.0. The van der Waals surface area contributed by atoms with Crippen molar-refractivity contribution in [1.29, 1.82) is 0 Å². The van der Waals surface area contributed by atoms with Crippen LogP contribution in [0.5, 0.6) is 28.7 Å². The number of carboxylic acids is 1. The number of aromatic hydroxyl groups is 1. The number of aliphatic hydroxyl groups excluding tert-OH is 2. The number of nitrogens with two attached hydrogens (primary N) is 1. The zero-order valence-electron chi connectivity index (χ0n) is 57.0. The summed E-state index contributed by atoms with van der Waals surface area (Å²) in [6.07, 6.45) is -2.71. The van der Waals surface area contributed by atoms with Gasteiger partial charge in [-0.25, -0.2) is 0 Å². The van der Waals surface area contributed by atoms with E-state index in [1.165, 1.54) is 19.8 Å². The summed E-state index contributed by atoms with van der Waals surface area (Å²) in [5, 5.41) is 47.2. The lowest BCUT2D eigenvalue weighted by Crippen LogP contribution is -2.63. The molecule has 0 spiro atoms. The van der Waals surface area contributed by atoms with Gasteiger partial charge in [-0.3, -0.25) is 22.7 Å². The molecule has 0 bridgehead atoms. The van der Waals surface area contributed by atoms with E-state index in [2.05, 4.69) is 28.8 Å². The van der Waals surface area contributed by atoms with Crippen molar-refractivity contribution >= 4 is 90.2 Å². The van der Waals surface area contributed by atoms with E-state index in [0.29, 0.717) is 71.0 Å². The predicted octanol–water partition coefficient (Wildman–Crippen LogP) is 5.97. The molecule has 4 heterocycles. The summed E-state index contributed by atoms with van der Waals surface area (Å²) in [6, 6.07) is 21.6. The summed E-state index contributed by atoms with van der Waals surface area (Å²) < 4.78 is 102. The number of anilines is 1. The topological polar surface area (TPSA) is 358 Å². The lowest BCUT2D eigenvalue weighted by molar-refractivity contribution is -0.364. The molecule has 1 amide bonds. The van der Waals surface area contributed by atoms with Gasteiger partial charge in [0.05, 0.1) is 65.2 Å². The molecule has 99 heavy (non-hydrogen) atoms. The normalized spacial score (nSPS) is 22.2. The van der Waals surface area contributed by atoms with E-state index < -0.39 is 99.1 Å². The number of carboxylic acid groups (broad SMARTS) is 1. The van der Waals surface area contributed by atoms with Gasteiger partial charge in [0.15, 0.2) is 35.6 Å². The highest BCUT2D eigenvalue weighted by Crippen LogP contribution is 2.57. The number of unbranched alkanes of at least 4 members (excludes halogenated alkanes) is 1. The van der Waals surface area contributed by atoms with Gasteiger partial charge in [-0.15, -0.1) is 46.4 Å². The summed E-state index contributed by atoms with van der Waals surface area (Å²) in [4.78, 5) is 39.9. The number of aliphatic hydroxyl groups is 2. The second-order valence-electron chi connectivity index (χ2n) is 23.8. The molecule has 3 saturated heterocycles. The fourth-order valence-electron chi connectivity index (χ4n) is 11.0. The first kappa shape index (κ1) is 84.4. The van der Waals surface area contributed by atoms with E-state index in [-0.39, 0.29) is 62.4 Å². The number of phenolic OH excluding ortho intramolecular Hbond substituents is 1. The number of nitrogens with one attached hydrogen (secondary N) is 2. The molecule has 3 fully saturated rings. The van der Waals surface area contributed by atoms with Crippen LogP contribution in [0.4, 0.5) is 5.69 Å². The number of carbonyl (C=O) groups is 3. The summed E-state index contributed by atoms with van der Waals surface area (Å²) in [5.74, 6) is 0.416. The number of alkyl halides is 4. The molecular formula is C66H95Cl4N5O22S2. The third kappa shape index (κ3) is 26.5. The van der Waals surface area contributed by atoms with Gasteiger partial charge in [0, 0.05) is 78.8 Å². The highest BCUT2D eigenvalue weighted by molar-refractivity contribution is 7.86. The van der Waals surface area contributed by atoms with E-state index in [4.69, 9.17) is 99.9 Å². The molecule has 0 saturated carbocycles. The molecule has 27 nitrogen and oxygen atoms in total.